The molecule has 12 heteroatoms. The number of hydrogen-bond donors (Lipinski definition) is 2. The molecular weight excluding hydrogens is 476 g/mol. The summed E-state index contributed by atoms with van der Waals surface area (Å²) >= 11 is 0. The standard InChI is InChI=1S/C24H31F2N5O5/c1-3-17(19(32)20-29-22(36-30-20)16-7-5-4-6-8-16)27-21(33)18(15-24(2,26)9-10-25)28-23(34)31-11-13-35-14-12-31/h4-8,17-18H,3,9-15H2,1-2H3,(H,27,33)(H,28,34)/t17-,18?,24?/m0/s1. The zero-order chi connectivity index (χ0) is 26.1. The molecule has 3 rings (SSSR count). The number of nitrogens with one attached hydrogen (secondary N) is 2. The molecule has 2 unspecified atom stereocenters. The lowest BCUT2D eigenvalue weighted by Gasteiger charge is -2.31. The molecule has 10 nitrogen and oxygen atoms in total. The highest BCUT2D eigenvalue weighted by atomic mass is 19.1. The molecule has 3 amide bonds. The summed E-state index contributed by atoms with van der Waals surface area (Å²) in [6.07, 6.45) is -0.726. The van der Waals surface area contributed by atoms with Crippen molar-refractivity contribution in [3.8, 4) is 11.5 Å². The first-order chi connectivity index (χ1) is 17.2. The molecule has 196 valence electrons. The lowest BCUT2D eigenvalue weighted by atomic mass is 9.94. The lowest BCUT2D eigenvalue weighted by Crippen LogP contribution is -2.57. The van der Waals surface area contributed by atoms with Gasteiger partial charge in [0.1, 0.15) is 11.7 Å². The first-order valence-corrected chi connectivity index (χ1v) is 11.9. The van der Waals surface area contributed by atoms with Crippen LogP contribution in [0.4, 0.5) is 13.6 Å². The Morgan fingerprint density at radius 3 is 2.47 bits per heavy atom. The molecule has 2 N–H and O–H groups in total. The third-order valence-corrected chi connectivity index (χ3v) is 5.87. The highest BCUT2D eigenvalue weighted by Gasteiger charge is 2.35. The Bertz CT molecular complexity index is 1030. The van der Waals surface area contributed by atoms with Crippen molar-refractivity contribution in [2.24, 2.45) is 0 Å². The van der Waals surface area contributed by atoms with E-state index in [1.165, 1.54) is 11.8 Å². The van der Waals surface area contributed by atoms with Gasteiger partial charge in [0.15, 0.2) is 0 Å². The summed E-state index contributed by atoms with van der Waals surface area (Å²) in [6.45, 7) is 3.23. The van der Waals surface area contributed by atoms with Crippen LogP contribution >= 0.6 is 0 Å². The van der Waals surface area contributed by atoms with Gasteiger partial charge in [-0.25, -0.2) is 9.18 Å². The largest absolute Gasteiger partial charge is 0.378 e. The second-order valence-electron chi connectivity index (χ2n) is 8.78. The average Bonchev–Trinajstić information content (AvgIpc) is 3.37. The van der Waals surface area contributed by atoms with Crippen LogP contribution in [0.25, 0.3) is 11.5 Å². The van der Waals surface area contributed by atoms with Gasteiger partial charge in [-0.2, -0.15) is 4.98 Å². The normalized spacial score (nSPS) is 17.1. The van der Waals surface area contributed by atoms with Crippen molar-refractivity contribution in [1.29, 1.82) is 0 Å². The Labute approximate surface area is 207 Å². The van der Waals surface area contributed by atoms with Crippen LogP contribution < -0.4 is 10.6 Å². The maximum atomic E-state index is 14.9. The predicted molar refractivity (Wildman–Crippen MR) is 126 cm³/mol. The number of nitrogens with zero attached hydrogens (tertiary/aromatic N) is 3. The molecule has 1 saturated heterocycles. The summed E-state index contributed by atoms with van der Waals surface area (Å²) in [5, 5.41) is 8.82. The number of amides is 3. The smallest absolute Gasteiger partial charge is 0.318 e. The lowest BCUT2D eigenvalue weighted by molar-refractivity contribution is -0.124. The fourth-order valence-corrected chi connectivity index (χ4v) is 3.74. The number of benzene rings is 1. The summed E-state index contributed by atoms with van der Waals surface area (Å²) in [4.78, 5) is 44.4. The monoisotopic (exact) mass is 507 g/mol. The van der Waals surface area contributed by atoms with E-state index in [-0.39, 0.29) is 18.1 Å². The molecule has 0 radical (unpaired) electrons. The third kappa shape index (κ3) is 7.30. The molecular formula is C24H31F2N5O5. The number of hydrogen-bond acceptors (Lipinski definition) is 7. The van der Waals surface area contributed by atoms with Gasteiger partial charge < -0.3 is 24.8 Å². The molecule has 0 saturated carbocycles. The number of morpholine rings is 1. The molecule has 0 bridgehead atoms. The van der Waals surface area contributed by atoms with Gasteiger partial charge in [-0.05, 0) is 25.5 Å². The van der Waals surface area contributed by atoms with E-state index in [2.05, 4.69) is 20.8 Å². The minimum atomic E-state index is -2.06. The summed E-state index contributed by atoms with van der Waals surface area (Å²) in [7, 11) is 0. The first kappa shape index (κ1) is 27.2. The average molecular weight is 508 g/mol. The maximum Gasteiger partial charge on any atom is 0.318 e. The summed E-state index contributed by atoms with van der Waals surface area (Å²) in [5.74, 6) is -1.44. The topological polar surface area (TPSA) is 127 Å². The number of rotatable bonds is 11. The number of alkyl halides is 2. The summed E-state index contributed by atoms with van der Waals surface area (Å²) in [5.41, 5.74) is -1.43. The minimum absolute atomic E-state index is 0.148. The number of ketones is 1. The molecule has 2 aromatic rings. The minimum Gasteiger partial charge on any atom is -0.378 e. The maximum absolute atomic E-state index is 14.9. The van der Waals surface area contributed by atoms with Gasteiger partial charge in [-0.3, -0.25) is 14.0 Å². The van der Waals surface area contributed by atoms with Gasteiger partial charge in [-0.1, -0.05) is 30.3 Å². The zero-order valence-corrected chi connectivity index (χ0v) is 20.3. The van der Waals surface area contributed by atoms with Crippen molar-refractivity contribution in [3.63, 3.8) is 0 Å². The van der Waals surface area contributed by atoms with Crippen LogP contribution in [-0.4, -0.2) is 83.5 Å². The Morgan fingerprint density at radius 1 is 1.14 bits per heavy atom. The second-order valence-corrected chi connectivity index (χ2v) is 8.78. The Kier molecular flexibility index (Phi) is 9.45. The van der Waals surface area contributed by atoms with E-state index in [0.29, 0.717) is 31.9 Å². The number of ether oxygens (including phenoxy) is 1. The SMILES string of the molecule is CC[C@H](NC(=O)C(CC(C)(F)CCF)NC(=O)N1CCOCC1)C(=O)c1noc(-c2ccccc2)n1. The molecule has 2 heterocycles. The quantitative estimate of drug-likeness (QED) is 0.448. The van der Waals surface area contributed by atoms with Crippen molar-refractivity contribution in [2.75, 3.05) is 33.0 Å². The molecule has 0 aliphatic carbocycles. The first-order valence-electron chi connectivity index (χ1n) is 11.9. The number of urea groups is 1. The molecule has 1 aromatic heterocycles. The number of halogens is 2. The van der Waals surface area contributed by atoms with Crippen LogP contribution in [0, 0.1) is 0 Å². The fourth-order valence-electron chi connectivity index (χ4n) is 3.74. The van der Waals surface area contributed by atoms with E-state index in [4.69, 9.17) is 9.26 Å². The van der Waals surface area contributed by atoms with Crippen molar-refractivity contribution in [2.45, 2.75) is 50.9 Å². The third-order valence-electron chi connectivity index (χ3n) is 5.87. The second kappa shape index (κ2) is 12.5. The Balaban J connectivity index is 1.72. The summed E-state index contributed by atoms with van der Waals surface area (Å²) in [6, 6.07) is 5.91. The van der Waals surface area contributed by atoms with Crippen LogP contribution in [0.5, 0.6) is 0 Å². The van der Waals surface area contributed by atoms with Crippen molar-refractivity contribution in [1.82, 2.24) is 25.7 Å². The highest BCUT2D eigenvalue weighted by molar-refractivity contribution is 6.00. The van der Waals surface area contributed by atoms with Crippen molar-refractivity contribution < 1.29 is 32.4 Å². The van der Waals surface area contributed by atoms with E-state index in [0.717, 1.165) is 0 Å². The Morgan fingerprint density at radius 2 is 1.83 bits per heavy atom. The molecule has 1 aliphatic heterocycles. The van der Waals surface area contributed by atoms with Gasteiger partial charge in [0, 0.05) is 31.5 Å². The van der Waals surface area contributed by atoms with E-state index in [1.807, 2.05) is 6.07 Å². The van der Waals surface area contributed by atoms with E-state index >= 15 is 0 Å². The molecule has 1 aliphatic rings. The Hall–Kier alpha value is -3.41. The van der Waals surface area contributed by atoms with Gasteiger partial charge in [0.2, 0.25) is 17.5 Å². The predicted octanol–water partition coefficient (Wildman–Crippen LogP) is 2.70. The molecule has 36 heavy (non-hydrogen) atoms. The number of carbonyl (C=O) groups excluding carboxylic acids is 3. The van der Waals surface area contributed by atoms with Gasteiger partial charge >= 0.3 is 6.03 Å². The van der Waals surface area contributed by atoms with Crippen LogP contribution in [0.15, 0.2) is 34.9 Å². The zero-order valence-electron chi connectivity index (χ0n) is 20.3. The van der Waals surface area contributed by atoms with Gasteiger partial charge in [-0.15, -0.1) is 0 Å². The number of carbonyl (C=O) groups is 3. The molecule has 3 atom stereocenters. The van der Waals surface area contributed by atoms with Crippen LogP contribution in [0.2, 0.25) is 0 Å². The molecule has 0 spiro atoms. The van der Waals surface area contributed by atoms with E-state index < -0.39 is 55.0 Å². The van der Waals surface area contributed by atoms with Crippen molar-refractivity contribution >= 4 is 17.7 Å². The molecule has 1 fully saturated rings. The van der Waals surface area contributed by atoms with Gasteiger partial charge in [0.05, 0.1) is 25.9 Å². The van der Waals surface area contributed by atoms with E-state index in [9.17, 15) is 23.2 Å². The van der Waals surface area contributed by atoms with E-state index in [1.54, 1.807) is 31.2 Å². The number of Topliss-reactive ketones (excluding diaryl/α,β-unsaturated/α-hetero) is 1. The van der Waals surface area contributed by atoms with Crippen molar-refractivity contribution in [3.05, 3.63) is 36.2 Å². The molecule has 1 aromatic carbocycles. The van der Waals surface area contributed by atoms with Crippen LogP contribution in [0.1, 0.15) is 43.7 Å². The van der Waals surface area contributed by atoms with Gasteiger partial charge in [0.25, 0.3) is 5.89 Å². The highest BCUT2D eigenvalue weighted by Crippen LogP contribution is 2.23. The fraction of sp³-hybridized carbons (Fsp3) is 0.542. The van der Waals surface area contributed by atoms with Crippen LogP contribution in [-0.2, 0) is 9.53 Å². The van der Waals surface area contributed by atoms with Crippen LogP contribution in [0.3, 0.4) is 0 Å². The number of aromatic nitrogens is 2. The summed E-state index contributed by atoms with van der Waals surface area (Å²) < 4.78 is 38.2.